The zero-order valence-corrected chi connectivity index (χ0v) is 14.6. The lowest BCUT2D eigenvalue weighted by Gasteiger charge is -2.11. The Bertz CT molecular complexity index is 920. The molecule has 0 atom stereocenters. The fourth-order valence-corrected chi connectivity index (χ4v) is 3.15. The van der Waals surface area contributed by atoms with Gasteiger partial charge in [-0.2, -0.15) is 13.2 Å². The lowest BCUT2D eigenvalue weighted by molar-refractivity contribution is -0.139. The lowest BCUT2D eigenvalue weighted by atomic mass is 10.1. The second-order valence-electron chi connectivity index (χ2n) is 5.76. The van der Waals surface area contributed by atoms with E-state index < -0.39 is 38.6 Å². The maximum Gasteiger partial charge on any atom is 0.419 e. The van der Waals surface area contributed by atoms with Crippen LogP contribution in [0.1, 0.15) is 29.8 Å². The summed E-state index contributed by atoms with van der Waals surface area (Å²) >= 11 is 0. The summed E-state index contributed by atoms with van der Waals surface area (Å²) in [5, 5.41) is 1.59. The molecule has 0 spiro atoms. The normalized spacial score (nSPS) is 12.3. The highest BCUT2D eigenvalue weighted by molar-refractivity contribution is 7.92. The van der Waals surface area contributed by atoms with E-state index in [0.29, 0.717) is 12.1 Å². The number of amides is 1. The lowest BCUT2D eigenvalue weighted by Crippen LogP contribution is -2.16. The van der Waals surface area contributed by atoms with E-state index >= 15 is 0 Å². The molecule has 0 aliphatic rings. The van der Waals surface area contributed by atoms with Crippen molar-refractivity contribution in [2.24, 2.45) is 0 Å². The van der Waals surface area contributed by atoms with Crippen molar-refractivity contribution in [3.8, 4) is 0 Å². The van der Waals surface area contributed by atoms with Crippen LogP contribution >= 0.6 is 0 Å². The molecule has 0 saturated heterocycles. The summed E-state index contributed by atoms with van der Waals surface area (Å²) in [5.74, 6) is -2.20. The van der Waals surface area contributed by atoms with Crippen LogP contribution in [-0.2, 0) is 16.0 Å². The summed E-state index contributed by atoms with van der Waals surface area (Å²) in [6.45, 7) is 3.03. The zero-order valence-electron chi connectivity index (χ0n) is 13.8. The molecule has 26 heavy (non-hydrogen) atoms. The van der Waals surface area contributed by atoms with Crippen LogP contribution in [-0.4, -0.2) is 19.6 Å². The van der Waals surface area contributed by atoms with Crippen molar-refractivity contribution in [1.29, 1.82) is 0 Å². The van der Waals surface area contributed by atoms with Crippen LogP contribution in [0.15, 0.2) is 47.4 Å². The van der Waals surface area contributed by atoms with Crippen LogP contribution in [0.3, 0.4) is 0 Å². The number of rotatable bonds is 4. The highest BCUT2D eigenvalue weighted by Crippen LogP contribution is 2.33. The van der Waals surface area contributed by atoms with Gasteiger partial charge in [0.1, 0.15) is 5.82 Å². The van der Waals surface area contributed by atoms with Crippen LogP contribution in [0.2, 0.25) is 0 Å². The van der Waals surface area contributed by atoms with Crippen molar-refractivity contribution in [3.05, 3.63) is 59.4 Å². The Morgan fingerprint density at radius 3 is 2.12 bits per heavy atom. The van der Waals surface area contributed by atoms with Gasteiger partial charge < -0.3 is 5.32 Å². The second kappa shape index (κ2) is 7.06. The molecule has 0 unspecified atom stereocenters. The fraction of sp³-hybridized carbons (Fsp3) is 0.235. The minimum absolute atomic E-state index is 0.0326. The minimum atomic E-state index is -4.89. The quantitative estimate of drug-likeness (QED) is 0.794. The van der Waals surface area contributed by atoms with Crippen molar-refractivity contribution < 1.29 is 30.8 Å². The Labute approximate surface area is 147 Å². The van der Waals surface area contributed by atoms with Crippen LogP contribution in [0, 0.1) is 5.82 Å². The van der Waals surface area contributed by atoms with Gasteiger partial charge in [-0.25, -0.2) is 12.8 Å². The molecule has 2 aromatic rings. The molecular formula is C17H15F4NO3S. The predicted molar refractivity (Wildman–Crippen MR) is 88.1 cm³/mol. The first-order valence-corrected chi connectivity index (χ1v) is 8.99. The average Bonchev–Trinajstić information content (AvgIpc) is 2.55. The molecule has 2 aromatic carbocycles. The average molecular weight is 389 g/mol. The topological polar surface area (TPSA) is 63.2 Å². The van der Waals surface area contributed by atoms with E-state index in [-0.39, 0.29) is 16.1 Å². The molecule has 0 radical (unpaired) electrons. The molecule has 9 heteroatoms. The van der Waals surface area contributed by atoms with Crippen molar-refractivity contribution in [3.63, 3.8) is 0 Å². The van der Waals surface area contributed by atoms with Crippen molar-refractivity contribution in [2.75, 3.05) is 5.32 Å². The molecule has 0 aromatic heterocycles. The Balaban J connectivity index is 2.24. The molecule has 0 bridgehead atoms. The van der Waals surface area contributed by atoms with Gasteiger partial charge >= 0.3 is 6.18 Å². The number of carbonyl (C=O) groups is 1. The van der Waals surface area contributed by atoms with Gasteiger partial charge in [-0.1, -0.05) is 0 Å². The predicted octanol–water partition coefficient (Wildman–Crippen LogP) is 4.28. The summed E-state index contributed by atoms with van der Waals surface area (Å²) in [6.07, 6.45) is -4.89. The van der Waals surface area contributed by atoms with Gasteiger partial charge in [-0.15, -0.1) is 0 Å². The molecule has 0 aliphatic carbocycles. The first-order valence-electron chi connectivity index (χ1n) is 7.45. The first-order chi connectivity index (χ1) is 11.9. The number of alkyl halides is 3. The van der Waals surface area contributed by atoms with E-state index in [1.54, 1.807) is 0 Å². The maximum atomic E-state index is 13.3. The van der Waals surface area contributed by atoms with Crippen LogP contribution in [0.4, 0.5) is 23.2 Å². The third kappa shape index (κ3) is 4.21. The van der Waals surface area contributed by atoms with E-state index in [1.165, 1.54) is 38.1 Å². The first kappa shape index (κ1) is 19.9. The molecule has 0 heterocycles. The molecule has 2 rings (SSSR count). The Hall–Kier alpha value is -2.42. The molecule has 0 aliphatic heterocycles. The highest BCUT2D eigenvalue weighted by Gasteiger charge is 2.34. The van der Waals surface area contributed by atoms with Crippen molar-refractivity contribution in [2.45, 2.75) is 30.2 Å². The minimum Gasteiger partial charge on any atom is -0.322 e. The molecule has 1 amide bonds. The molecule has 4 nitrogen and oxygen atoms in total. The van der Waals surface area contributed by atoms with E-state index in [1.807, 2.05) is 0 Å². The van der Waals surface area contributed by atoms with Gasteiger partial charge in [0.25, 0.3) is 5.91 Å². The third-order valence-electron chi connectivity index (χ3n) is 3.60. The van der Waals surface area contributed by atoms with Gasteiger partial charge in [0.05, 0.1) is 15.7 Å². The fourth-order valence-electron chi connectivity index (χ4n) is 2.09. The standard InChI is InChI=1S/C17H15F4NO3S/c1-10(2)26(24,25)13-6-3-11(4-7-13)16(23)22-12-5-8-15(18)14(9-12)17(19,20)21/h3-10H,1-2H3,(H,22,23). The SMILES string of the molecule is CC(C)S(=O)(=O)c1ccc(C(=O)Nc2ccc(F)c(C(F)(F)F)c2)cc1. The highest BCUT2D eigenvalue weighted by atomic mass is 32.2. The van der Waals surface area contributed by atoms with Crippen LogP contribution < -0.4 is 5.32 Å². The Kier molecular flexibility index (Phi) is 5.41. The van der Waals surface area contributed by atoms with Gasteiger partial charge in [-0.3, -0.25) is 4.79 Å². The molecule has 1 N–H and O–H groups in total. The number of nitrogens with one attached hydrogen (secondary N) is 1. The Morgan fingerprint density at radius 1 is 1.04 bits per heavy atom. The van der Waals surface area contributed by atoms with Crippen LogP contribution in [0.5, 0.6) is 0 Å². The Morgan fingerprint density at radius 2 is 1.62 bits per heavy atom. The van der Waals surface area contributed by atoms with E-state index in [0.717, 1.165) is 6.07 Å². The monoisotopic (exact) mass is 389 g/mol. The van der Waals surface area contributed by atoms with Gasteiger partial charge in [0.15, 0.2) is 9.84 Å². The van der Waals surface area contributed by atoms with Crippen LogP contribution in [0.25, 0.3) is 0 Å². The summed E-state index contributed by atoms with van der Waals surface area (Å²) in [7, 11) is -3.50. The smallest absolute Gasteiger partial charge is 0.322 e. The number of hydrogen-bond acceptors (Lipinski definition) is 3. The molecule has 0 saturated carbocycles. The van der Waals surface area contributed by atoms with Crippen molar-refractivity contribution >= 4 is 21.4 Å². The second-order valence-corrected chi connectivity index (χ2v) is 8.27. The maximum absolute atomic E-state index is 13.3. The third-order valence-corrected chi connectivity index (χ3v) is 5.77. The van der Waals surface area contributed by atoms with Gasteiger partial charge in [0.2, 0.25) is 0 Å². The largest absolute Gasteiger partial charge is 0.419 e. The number of sulfone groups is 1. The van der Waals surface area contributed by atoms with Gasteiger partial charge in [0, 0.05) is 11.3 Å². The summed E-state index contributed by atoms with van der Waals surface area (Å²) in [4.78, 5) is 12.2. The summed E-state index contributed by atoms with van der Waals surface area (Å²) in [6, 6.07) is 7.09. The number of benzene rings is 2. The van der Waals surface area contributed by atoms with E-state index in [4.69, 9.17) is 0 Å². The number of hydrogen-bond donors (Lipinski definition) is 1. The molecule has 0 fully saturated rings. The van der Waals surface area contributed by atoms with E-state index in [2.05, 4.69) is 5.32 Å². The number of anilines is 1. The summed E-state index contributed by atoms with van der Waals surface area (Å²) in [5.41, 5.74) is -1.68. The van der Waals surface area contributed by atoms with E-state index in [9.17, 15) is 30.8 Å². The molecular weight excluding hydrogens is 374 g/mol. The summed E-state index contributed by atoms with van der Waals surface area (Å²) < 4.78 is 75.4. The number of carbonyl (C=O) groups excluding carboxylic acids is 1. The van der Waals surface area contributed by atoms with Gasteiger partial charge in [-0.05, 0) is 56.3 Å². The molecule has 140 valence electrons. The zero-order chi connectivity index (χ0) is 19.7. The van der Waals surface area contributed by atoms with Crippen molar-refractivity contribution in [1.82, 2.24) is 0 Å². The number of halogens is 4.